The van der Waals surface area contributed by atoms with E-state index in [0.717, 1.165) is 0 Å². The lowest BCUT2D eigenvalue weighted by molar-refractivity contribution is 0.247. The number of ether oxygens (including phenoxy) is 1. The van der Waals surface area contributed by atoms with Crippen molar-refractivity contribution in [1.82, 2.24) is 5.32 Å². The summed E-state index contributed by atoms with van der Waals surface area (Å²) in [5.74, 6) is 0.217. The Morgan fingerprint density at radius 3 is 2.57 bits per heavy atom. The third kappa shape index (κ3) is 4.96. The molecule has 4 nitrogen and oxygen atoms in total. The molecular formula is C15H14ClFN2O2. The molecule has 2 aromatic rings. The van der Waals surface area contributed by atoms with Gasteiger partial charge in [-0.2, -0.15) is 0 Å². The monoisotopic (exact) mass is 308 g/mol. The average Bonchev–Trinajstić information content (AvgIpc) is 2.48. The zero-order valence-corrected chi connectivity index (χ0v) is 11.9. The molecule has 0 spiro atoms. The van der Waals surface area contributed by atoms with Gasteiger partial charge in [0.05, 0.1) is 11.6 Å². The fraction of sp³-hybridized carbons (Fsp3) is 0.133. The zero-order valence-electron chi connectivity index (χ0n) is 11.1. The first-order valence-electron chi connectivity index (χ1n) is 6.33. The van der Waals surface area contributed by atoms with Crippen molar-refractivity contribution in [2.24, 2.45) is 0 Å². The fourth-order valence-corrected chi connectivity index (χ4v) is 1.79. The number of rotatable bonds is 5. The second-order valence-electron chi connectivity index (χ2n) is 4.17. The van der Waals surface area contributed by atoms with Gasteiger partial charge in [0.25, 0.3) is 0 Å². The van der Waals surface area contributed by atoms with Crippen LogP contribution in [0.4, 0.5) is 14.9 Å². The van der Waals surface area contributed by atoms with Crippen molar-refractivity contribution >= 4 is 23.3 Å². The highest BCUT2D eigenvalue weighted by atomic mass is 35.5. The molecule has 2 rings (SSSR count). The van der Waals surface area contributed by atoms with E-state index < -0.39 is 0 Å². The summed E-state index contributed by atoms with van der Waals surface area (Å²) in [6.07, 6.45) is 0. The van der Waals surface area contributed by atoms with Crippen molar-refractivity contribution < 1.29 is 13.9 Å². The molecule has 21 heavy (non-hydrogen) atoms. The molecule has 6 heteroatoms. The number of nitrogens with one attached hydrogen (secondary N) is 2. The smallest absolute Gasteiger partial charge is 0.319 e. The lowest BCUT2D eigenvalue weighted by Crippen LogP contribution is -2.32. The Balaban J connectivity index is 1.70. The van der Waals surface area contributed by atoms with Gasteiger partial charge in [0.1, 0.15) is 18.2 Å². The van der Waals surface area contributed by atoms with Gasteiger partial charge in [0.15, 0.2) is 0 Å². The van der Waals surface area contributed by atoms with E-state index in [9.17, 15) is 9.18 Å². The highest BCUT2D eigenvalue weighted by Gasteiger charge is 2.02. The molecule has 0 heterocycles. The molecule has 2 N–H and O–H groups in total. The number of hydrogen-bond acceptors (Lipinski definition) is 2. The number of halogens is 2. The molecule has 0 aliphatic carbocycles. The van der Waals surface area contributed by atoms with Crippen LogP contribution in [0.3, 0.4) is 0 Å². The van der Waals surface area contributed by atoms with E-state index >= 15 is 0 Å². The molecule has 0 atom stereocenters. The highest BCUT2D eigenvalue weighted by Crippen LogP contribution is 2.22. The maximum Gasteiger partial charge on any atom is 0.319 e. The Hall–Kier alpha value is -2.27. The minimum Gasteiger partial charge on any atom is -0.490 e. The van der Waals surface area contributed by atoms with Gasteiger partial charge in [-0.3, -0.25) is 0 Å². The van der Waals surface area contributed by atoms with Gasteiger partial charge in [0, 0.05) is 5.69 Å². The fourth-order valence-electron chi connectivity index (χ4n) is 1.60. The Labute approximate surface area is 126 Å². The van der Waals surface area contributed by atoms with Crippen molar-refractivity contribution in [2.75, 3.05) is 18.5 Å². The number of carbonyl (C=O) groups is 1. The topological polar surface area (TPSA) is 50.4 Å². The van der Waals surface area contributed by atoms with Gasteiger partial charge in [-0.15, -0.1) is 0 Å². The number of amides is 2. The normalized spacial score (nSPS) is 10.0. The van der Waals surface area contributed by atoms with Gasteiger partial charge in [-0.1, -0.05) is 23.7 Å². The quantitative estimate of drug-likeness (QED) is 0.828. The maximum atomic E-state index is 12.7. The SMILES string of the molecule is O=C(NCCOc1ccccc1Cl)Nc1ccc(F)cc1. The van der Waals surface area contributed by atoms with Crippen LogP contribution in [0.15, 0.2) is 48.5 Å². The van der Waals surface area contributed by atoms with Crippen LogP contribution in [0.25, 0.3) is 0 Å². The minimum absolute atomic E-state index is 0.292. The standard InChI is InChI=1S/C15H14ClFN2O2/c16-13-3-1-2-4-14(13)21-10-9-18-15(20)19-12-7-5-11(17)6-8-12/h1-8H,9-10H2,(H2,18,19,20). The first kappa shape index (κ1) is 15.1. The summed E-state index contributed by atoms with van der Waals surface area (Å²) < 4.78 is 18.1. The molecule has 0 aliphatic heterocycles. The maximum absolute atomic E-state index is 12.7. The number of hydrogen-bond donors (Lipinski definition) is 2. The summed E-state index contributed by atoms with van der Waals surface area (Å²) in [6, 6.07) is 12.2. The van der Waals surface area contributed by atoms with Gasteiger partial charge < -0.3 is 15.4 Å². The minimum atomic E-state index is -0.385. The molecule has 0 aliphatic rings. The summed E-state index contributed by atoms with van der Waals surface area (Å²) in [7, 11) is 0. The third-order valence-electron chi connectivity index (χ3n) is 2.58. The van der Waals surface area contributed by atoms with E-state index in [2.05, 4.69) is 10.6 Å². The van der Waals surface area contributed by atoms with E-state index in [-0.39, 0.29) is 11.8 Å². The van der Waals surface area contributed by atoms with Gasteiger partial charge in [0.2, 0.25) is 0 Å². The molecule has 0 bridgehead atoms. The van der Waals surface area contributed by atoms with E-state index in [1.54, 1.807) is 12.1 Å². The molecule has 0 radical (unpaired) electrons. The second-order valence-corrected chi connectivity index (χ2v) is 4.57. The van der Waals surface area contributed by atoms with Gasteiger partial charge in [-0.05, 0) is 36.4 Å². The predicted octanol–water partition coefficient (Wildman–Crippen LogP) is 3.68. The molecule has 2 aromatic carbocycles. The van der Waals surface area contributed by atoms with Crippen LogP contribution in [0.1, 0.15) is 0 Å². The van der Waals surface area contributed by atoms with Gasteiger partial charge >= 0.3 is 6.03 Å². The molecular weight excluding hydrogens is 295 g/mol. The van der Waals surface area contributed by atoms with Crippen LogP contribution >= 0.6 is 11.6 Å². The van der Waals surface area contributed by atoms with Crippen LogP contribution in [0.5, 0.6) is 5.75 Å². The number of benzene rings is 2. The van der Waals surface area contributed by atoms with Crippen molar-refractivity contribution in [2.45, 2.75) is 0 Å². The highest BCUT2D eigenvalue weighted by molar-refractivity contribution is 6.32. The second kappa shape index (κ2) is 7.50. The number of anilines is 1. The Kier molecular flexibility index (Phi) is 5.40. The summed E-state index contributed by atoms with van der Waals surface area (Å²) in [4.78, 5) is 11.6. The number of urea groups is 1. The Morgan fingerprint density at radius 2 is 1.86 bits per heavy atom. The zero-order chi connectivity index (χ0) is 15.1. The summed E-state index contributed by atoms with van der Waals surface area (Å²) >= 11 is 5.93. The Morgan fingerprint density at radius 1 is 1.14 bits per heavy atom. The average molecular weight is 309 g/mol. The summed E-state index contributed by atoms with van der Waals surface area (Å²) in [6.45, 7) is 0.610. The van der Waals surface area contributed by atoms with Crippen molar-refractivity contribution in [3.05, 3.63) is 59.4 Å². The lowest BCUT2D eigenvalue weighted by atomic mass is 10.3. The van der Waals surface area contributed by atoms with Crippen molar-refractivity contribution in [3.63, 3.8) is 0 Å². The van der Waals surface area contributed by atoms with Crippen molar-refractivity contribution in [1.29, 1.82) is 0 Å². The van der Waals surface area contributed by atoms with Crippen LogP contribution in [0, 0.1) is 5.82 Å². The molecule has 2 amide bonds. The van der Waals surface area contributed by atoms with E-state index in [1.165, 1.54) is 24.3 Å². The molecule has 110 valence electrons. The molecule has 0 saturated carbocycles. The lowest BCUT2D eigenvalue weighted by Gasteiger charge is -2.09. The molecule has 0 aromatic heterocycles. The van der Waals surface area contributed by atoms with E-state index in [1.807, 2.05) is 12.1 Å². The Bertz CT molecular complexity index is 605. The van der Waals surface area contributed by atoms with Crippen LogP contribution < -0.4 is 15.4 Å². The first-order chi connectivity index (χ1) is 10.1. The van der Waals surface area contributed by atoms with Crippen LogP contribution in [-0.2, 0) is 0 Å². The molecule has 0 fully saturated rings. The number of carbonyl (C=O) groups excluding carboxylic acids is 1. The first-order valence-corrected chi connectivity index (χ1v) is 6.71. The number of para-hydroxylation sites is 1. The van der Waals surface area contributed by atoms with Crippen LogP contribution in [-0.4, -0.2) is 19.2 Å². The van der Waals surface area contributed by atoms with E-state index in [4.69, 9.17) is 16.3 Å². The largest absolute Gasteiger partial charge is 0.490 e. The summed E-state index contributed by atoms with van der Waals surface area (Å²) in [5.41, 5.74) is 0.515. The van der Waals surface area contributed by atoms with Crippen LogP contribution in [0.2, 0.25) is 5.02 Å². The van der Waals surface area contributed by atoms with E-state index in [0.29, 0.717) is 29.6 Å². The predicted molar refractivity (Wildman–Crippen MR) is 80.4 cm³/mol. The third-order valence-corrected chi connectivity index (χ3v) is 2.90. The summed E-state index contributed by atoms with van der Waals surface area (Å²) in [5, 5.41) is 5.73. The van der Waals surface area contributed by atoms with Crippen molar-refractivity contribution in [3.8, 4) is 5.75 Å². The van der Waals surface area contributed by atoms with Gasteiger partial charge in [-0.25, -0.2) is 9.18 Å². The molecule has 0 saturated heterocycles. The molecule has 0 unspecified atom stereocenters.